The van der Waals surface area contributed by atoms with Crippen LogP contribution in [-0.2, 0) is 19.4 Å². The molecule has 1 unspecified atom stereocenters. The number of nitrogens with one attached hydrogen (secondary N) is 3. The molecular formula is C43H90N4O5S. The second kappa shape index (κ2) is 36.8. The zero-order valence-electron chi connectivity index (χ0n) is 35.8. The van der Waals surface area contributed by atoms with Gasteiger partial charge in [-0.3, -0.25) is 29.1 Å². The fourth-order valence-electron chi connectivity index (χ4n) is 7.52. The molecule has 318 valence electrons. The van der Waals surface area contributed by atoms with E-state index in [2.05, 4.69) is 52.9 Å². The molecule has 10 heteroatoms. The van der Waals surface area contributed by atoms with Crippen molar-refractivity contribution in [3.8, 4) is 0 Å². The Balaban J connectivity index is 0.00000413. The first kappa shape index (κ1) is 52.2. The van der Waals surface area contributed by atoms with Crippen molar-refractivity contribution >= 4 is 16.3 Å². The molecule has 9 nitrogen and oxygen atoms in total. The maximum atomic E-state index is 12.7. The van der Waals surface area contributed by atoms with Gasteiger partial charge in [-0.25, -0.2) is 0 Å². The average molecular weight is 775 g/mol. The maximum Gasteiger partial charge on any atom is 0.397 e. The normalized spacial score (nSPS) is 14.7. The van der Waals surface area contributed by atoms with Crippen LogP contribution in [0.2, 0.25) is 0 Å². The molecule has 1 rings (SSSR count). The van der Waals surface area contributed by atoms with Crippen molar-refractivity contribution in [1.82, 2.24) is 20.9 Å². The highest BCUT2D eigenvalue weighted by atomic mass is 32.3. The summed E-state index contributed by atoms with van der Waals surface area (Å²) in [7, 11) is -1.13. The topological polar surface area (TPSA) is 120 Å². The highest BCUT2D eigenvalue weighted by Gasteiger charge is 2.39. The van der Waals surface area contributed by atoms with Gasteiger partial charge in [0.1, 0.15) is 5.79 Å². The number of hydrogen-bond donors (Lipinski definition) is 4. The molecule has 1 fully saturated rings. The van der Waals surface area contributed by atoms with Crippen LogP contribution >= 0.6 is 0 Å². The lowest BCUT2D eigenvalue weighted by Crippen LogP contribution is -2.66. The molecule has 1 heterocycles. The predicted octanol–water partition coefficient (Wildman–Crippen LogP) is 11.6. The quantitative estimate of drug-likeness (QED) is 0.0280. The Morgan fingerprint density at radius 1 is 0.623 bits per heavy atom. The summed E-state index contributed by atoms with van der Waals surface area (Å²) in [5, 5.41) is 10.8. The Morgan fingerprint density at radius 3 is 1.21 bits per heavy atom. The Kier molecular flexibility index (Phi) is 36.3. The van der Waals surface area contributed by atoms with Crippen molar-refractivity contribution in [3.05, 3.63) is 0 Å². The number of carbonyl (C=O) groups excluding carboxylic acids is 1. The number of carbonyl (C=O) groups is 1. The Bertz CT molecular complexity index is 901. The van der Waals surface area contributed by atoms with Gasteiger partial charge >= 0.3 is 10.4 Å². The van der Waals surface area contributed by atoms with Crippen LogP contribution in [0.4, 0.5) is 0 Å². The SMILES string of the molecule is CCCCCCCCCCCCCCCCCCC1(N(C)C(C)NC(=O)CCCCCCCCCCCCCCCCC)NCCN1.COS(=O)(=O)O. The molecule has 1 aliphatic heterocycles. The minimum Gasteiger partial charge on any atom is -0.341 e. The standard InChI is InChI=1S/C42H86N4O.CH4O4S/c1-5-7-9-11-13-15-17-19-21-23-25-27-29-31-33-35-37-42(43-38-39-44-42)46(4)40(3)45-41(47)36-34-32-30-28-26-24-22-20-18-16-14-12-10-8-6-2;1-5-6(2,3)4/h40,43-44H,5-39H2,1-4H3,(H,45,47);1H3,(H,2,3,4). The van der Waals surface area contributed by atoms with Gasteiger partial charge in [-0.05, 0) is 33.2 Å². The Hall–Kier alpha value is -0.780. The molecule has 1 atom stereocenters. The van der Waals surface area contributed by atoms with Crippen LogP contribution < -0.4 is 16.0 Å². The van der Waals surface area contributed by atoms with Crippen LogP contribution in [0.25, 0.3) is 0 Å². The van der Waals surface area contributed by atoms with E-state index in [1.54, 1.807) is 0 Å². The molecule has 0 bridgehead atoms. The van der Waals surface area contributed by atoms with Crippen molar-refractivity contribution in [3.63, 3.8) is 0 Å². The first-order chi connectivity index (χ1) is 25.6. The Morgan fingerprint density at radius 2 is 0.906 bits per heavy atom. The lowest BCUT2D eigenvalue weighted by atomic mass is 10.0. The molecule has 0 aromatic carbocycles. The van der Waals surface area contributed by atoms with Crippen LogP contribution in [0.1, 0.15) is 233 Å². The molecular weight excluding hydrogens is 685 g/mol. The molecule has 0 saturated carbocycles. The first-order valence-corrected chi connectivity index (χ1v) is 24.0. The molecule has 4 N–H and O–H groups in total. The summed E-state index contributed by atoms with van der Waals surface area (Å²) in [6, 6.07) is 0. The van der Waals surface area contributed by atoms with E-state index in [0.29, 0.717) is 6.42 Å². The van der Waals surface area contributed by atoms with Crippen molar-refractivity contribution in [2.24, 2.45) is 0 Å². The van der Waals surface area contributed by atoms with Crippen molar-refractivity contribution in [2.45, 2.75) is 245 Å². The minimum absolute atomic E-state index is 0.0120. The molecule has 0 radical (unpaired) electrons. The summed E-state index contributed by atoms with van der Waals surface area (Å²) in [5.74, 6) is 0.00624. The zero-order valence-corrected chi connectivity index (χ0v) is 36.6. The third-order valence-electron chi connectivity index (χ3n) is 11.1. The van der Waals surface area contributed by atoms with E-state index in [9.17, 15) is 13.2 Å². The molecule has 1 amide bonds. The van der Waals surface area contributed by atoms with Gasteiger partial charge in [-0.15, -0.1) is 0 Å². The van der Waals surface area contributed by atoms with Crippen LogP contribution in [0.15, 0.2) is 0 Å². The lowest BCUT2D eigenvalue weighted by molar-refractivity contribution is -0.124. The molecule has 1 aliphatic rings. The summed E-state index contributed by atoms with van der Waals surface area (Å²) in [6.07, 6.45) is 44.5. The van der Waals surface area contributed by atoms with Crippen LogP contribution in [0, 0.1) is 0 Å². The number of unbranched alkanes of at least 4 members (excludes halogenated alkanes) is 29. The number of hydrogen-bond acceptors (Lipinski definition) is 7. The third kappa shape index (κ3) is 33.1. The molecule has 0 aliphatic carbocycles. The fraction of sp³-hybridized carbons (Fsp3) is 0.977. The van der Waals surface area contributed by atoms with E-state index >= 15 is 0 Å². The summed E-state index contributed by atoms with van der Waals surface area (Å²) >= 11 is 0. The molecule has 0 aromatic heterocycles. The van der Waals surface area contributed by atoms with E-state index in [0.717, 1.165) is 33.0 Å². The van der Waals surface area contributed by atoms with E-state index in [4.69, 9.17) is 4.55 Å². The van der Waals surface area contributed by atoms with Gasteiger partial charge in [0.15, 0.2) is 0 Å². The summed E-state index contributed by atoms with van der Waals surface area (Å²) in [6.45, 7) is 8.71. The third-order valence-corrected chi connectivity index (χ3v) is 11.5. The van der Waals surface area contributed by atoms with E-state index in [1.807, 2.05) is 0 Å². The number of rotatable bonds is 37. The minimum atomic E-state index is -4.16. The van der Waals surface area contributed by atoms with Gasteiger partial charge in [0, 0.05) is 19.5 Å². The van der Waals surface area contributed by atoms with Gasteiger partial charge in [-0.1, -0.05) is 200 Å². The summed E-state index contributed by atoms with van der Waals surface area (Å²) in [5.41, 5.74) is 0. The first-order valence-electron chi connectivity index (χ1n) is 22.7. The monoisotopic (exact) mass is 775 g/mol. The average Bonchev–Trinajstić information content (AvgIpc) is 3.62. The predicted molar refractivity (Wildman–Crippen MR) is 226 cm³/mol. The highest BCUT2D eigenvalue weighted by molar-refractivity contribution is 7.80. The molecule has 1 saturated heterocycles. The molecule has 0 aromatic rings. The van der Waals surface area contributed by atoms with Crippen molar-refractivity contribution in [2.75, 3.05) is 27.2 Å². The zero-order chi connectivity index (χ0) is 39.3. The largest absolute Gasteiger partial charge is 0.397 e. The second-order valence-corrected chi connectivity index (χ2v) is 17.1. The van der Waals surface area contributed by atoms with Gasteiger partial charge in [0.05, 0.1) is 13.3 Å². The van der Waals surface area contributed by atoms with Crippen molar-refractivity contribution < 1.29 is 21.9 Å². The maximum absolute atomic E-state index is 12.7. The number of amides is 1. The van der Waals surface area contributed by atoms with Gasteiger partial charge < -0.3 is 5.32 Å². The smallest absolute Gasteiger partial charge is 0.341 e. The summed E-state index contributed by atoms with van der Waals surface area (Å²) in [4.78, 5) is 15.1. The van der Waals surface area contributed by atoms with E-state index in [1.165, 1.54) is 193 Å². The fourth-order valence-corrected chi connectivity index (χ4v) is 7.52. The summed E-state index contributed by atoms with van der Waals surface area (Å²) < 4.78 is 29.7. The van der Waals surface area contributed by atoms with E-state index in [-0.39, 0.29) is 17.9 Å². The molecule has 53 heavy (non-hydrogen) atoms. The number of nitrogens with zero attached hydrogens (tertiary/aromatic N) is 1. The van der Waals surface area contributed by atoms with Crippen molar-refractivity contribution in [1.29, 1.82) is 0 Å². The van der Waals surface area contributed by atoms with Crippen LogP contribution in [0.5, 0.6) is 0 Å². The van der Waals surface area contributed by atoms with Crippen LogP contribution in [-0.4, -0.2) is 63.0 Å². The van der Waals surface area contributed by atoms with Gasteiger partial charge in [0.2, 0.25) is 5.91 Å². The highest BCUT2D eigenvalue weighted by Crippen LogP contribution is 2.22. The van der Waals surface area contributed by atoms with Gasteiger partial charge in [-0.2, -0.15) is 8.42 Å². The second-order valence-electron chi connectivity index (χ2n) is 15.9. The lowest BCUT2D eigenvalue weighted by Gasteiger charge is -2.42. The van der Waals surface area contributed by atoms with Gasteiger partial charge in [0.25, 0.3) is 0 Å². The molecule has 0 spiro atoms. The van der Waals surface area contributed by atoms with Crippen LogP contribution in [0.3, 0.4) is 0 Å². The van der Waals surface area contributed by atoms with E-state index < -0.39 is 10.4 Å². The Labute approximate surface area is 330 Å².